The van der Waals surface area contributed by atoms with E-state index in [0.29, 0.717) is 17.4 Å². The summed E-state index contributed by atoms with van der Waals surface area (Å²) in [4.78, 5) is 14.1. The molecular formula is C21H24N4O2S2. The zero-order chi connectivity index (χ0) is 20.0. The molecule has 0 spiro atoms. The highest BCUT2D eigenvalue weighted by atomic mass is 32.2. The van der Waals surface area contributed by atoms with Crippen molar-refractivity contribution < 1.29 is 8.42 Å². The standard InChI is InChI=1S/C21H24N4O2S2/c1-2-16-12-18-20(22-14-23-21(18)28-16)24-10-9-19-15(13-24)8-11-25(19)29(26,27)17-6-4-3-5-7-17/h3-7,12,14-15,19H,2,8-11,13H2,1H3/t15-,19+/m1/s1. The molecule has 2 atom stereocenters. The summed E-state index contributed by atoms with van der Waals surface area (Å²) in [5.74, 6) is 1.32. The molecule has 0 unspecified atom stereocenters. The third-order valence-electron chi connectivity index (χ3n) is 6.14. The highest BCUT2D eigenvalue weighted by molar-refractivity contribution is 7.89. The molecule has 2 aromatic heterocycles. The van der Waals surface area contributed by atoms with Crippen LogP contribution in [0.5, 0.6) is 0 Å². The number of anilines is 1. The van der Waals surface area contributed by atoms with E-state index in [2.05, 4.69) is 27.9 Å². The minimum atomic E-state index is -3.44. The molecule has 0 radical (unpaired) electrons. The van der Waals surface area contributed by atoms with Crippen LogP contribution in [-0.4, -0.2) is 48.4 Å². The van der Waals surface area contributed by atoms with Gasteiger partial charge in [-0.15, -0.1) is 11.3 Å². The van der Waals surface area contributed by atoms with Crippen molar-refractivity contribution in [2.45, 2.75) is 37.1 Å². The molecule has 2 aliphatic rings. The number of fused-ring (bicyclic) bond motifs is 2. The number of thiophene rings is 1. The second-order valence-corrected chi connectivity index (χ2v) is 10.8. The molecule has 0 aliphatic carbocycles. The third kappa shape index (κ3) is 3.23. The number of rotatable bonds is 4. The Bertz CT molecular complexity index is 1130. The van der Waals surface area contributed by atoms with Gasteiger partial charge in [-0.05, 0) is 43.4 Å². The van der Waals surface area contributed by atoms with E-state index in [1.54, 1.807) is 46.2 Å². The van der Waals surface area contributed by atoms with Gasteiger partial charge in [0.05, 0.1) is 10.3 Å². The van der Waals surface area contributed by atoms with E-state index in [4.69, 9.17) is 0 Å². The number of benzene rings is 1. The highest BCUT2D eigenvalue weighted by Crippen LogP contribution is 2.38. The van der Waals surface area contributed by atoms with E-state index in [-0.39, 0.29) is 6.04 Å². The van der Waals surface area contributed by atoms with E-state index in [1.807, 2.05) is 6.07 Å². The molecule has 1 aromatic carbocycles. The molecule has 2 saturated heterocycles. The Morgan fingerprint density at radius 1 is 1.14 bits per heavy atom. The van der Waals surface area contributed by atoms with Gasteiger partial charge in [-0.25, -0.2) is 18.4 Å². The van der Waals surface area contributed by atoms with Gasteiger partial charge in [0.2, 0.25) is 10.0 Å². The van der Waals surface area contributed by atoms with Gasteiger partial charge in [0.1, 0.15) is 17.0 Å². The number of aryl methyl sites for hydroxylation is 1. The van der Waals surface area contributed by atoms with Gasteiger partial charge in [0.25, 0.3) is 0 Å². The van der Waals surface area contributed by atoms with Crippen molar-refractivity contribution in [1.82, 2.24) is 14.3 Å². The molecule has 0 N–H and O–H groups in total. The van der Waals surface area contributed by atoms with Crippen LogP contribution < -0.4 is 4.90 Å². The molecule has 29 heavy (non-hydrogen) atoms. The smallest absolute Gasteiger partial charge is 0.243 e. The minimum Gasteiger partial charge on any atom is -0.356 e. The van der Waals surface area contributed by atoms with Crippen LogP contribution >= 0.6 is 11.3 Å². The van der Waals surface area contributed by atoms with Crippen LogP contribution in [0.25, 0.3) is 10.2 Å². The molecule has 0 saturated carbocycles. The Morgan fingerprint density at radius 3 is 2.76 bits per heavy atom. The molecule has 0 amide bonds. The summed E-state index contributed by atoms with van der Waals surface area (Å²) in [6.45, 7) is 4.40. The number of hydrogen-bond acceptors (Lipinski definition) is 6. The van der Waals surface area contributed by atoms with Gasteiger partial charge in [0.15, 0.2) is 0 Å². The van der Waals surface area contributed by atoms with Gasteiger partial charge >= 0.3 is 0 Å². The summed E-state index contributed by atoms with van der Waals surface area (Å²) in [5, 5.41) is 1.12. The van der Waals surface area contributed by atoms with Crippen molar-refractivity contribution in [3.05, 3.63) is 47.6 Å². The largest absolute Gasteiger partial charge is 0.356 e. The normalized spacial score (nSPS) is 22.9. The van der Waals surface area contributed by atoms with E-state index in [1.165, 1.54) is 4.88 Å². The van der Waals surface area contributed by atoms with E-state index in [9.17, 15) is 8.42 Å². The summed E-state index contributed by atoms with van der Waals surface area (Å²) in [7, 11) is -3.44. The first-order valence-corrected chi connectivity index (χ1v) is 12.4. The third-order valence-corrected chi connectivity index (χ3v) is 9.27. The van der Waals surface area contributed by atoms with Crippen molar-refractivity contribution in [1.29, 1.82) is 0 Å². The van der Waals surface area contributed by atoms with E-state index >= 15 is 0 Å². The average molecular weight is 429 g/mol. The monoisotopic (exact) mass is 428 g/mol. The van der Waals surface area contributed by atoms with Crippen LogP contribution in [0, 0.1) is 5.92 Å². The predicted molar refractivity (Wildman–Crippen MR) is 116 cm³/mol. The van der Waals surface area contributed by atoms with Gasteiger partial charge in [-0.1, -0.05) is 25.1 Å². The molecule has 4 heterocycles. The van der Waals surface area contributed by atoms with Crippen LogP contribution in [0.2, 0.25) is 0 Å². The van der Waals surface area contributed by atoms with Crippen LogP contribution in [0.15, 0.2) is 47.6 Å². The zero-order valence-electron chi connectivity index (χ0n) is 16.4. The maximum absolute atomic E-state index is 13.1. The maximum Gasteiger partial charge on any atom is 0.243 e. The van der Waals surface area contributed by atoms with Crippen molar-refractivity contribution in [3.8, 4) is 0 Å². The molecular weight excluding hydrogens is 404 g/mol. The Hall–Kier alpha value is -2.03. The number of nitrogens with zero attached hydrogens (tertiary/aromatic N) is 4. The molecule has 2 aliphatic heterocycles. The van der Waals surface area contributed by atoms with Crippen molar-refractivity contribution in [3.63, 3.8) is 0 Å². The average Bonchev–Trinajstić information content (AvgIpc) is 3.37. The first-order chi connectivity index (χ1) is 14.1. The van der Waals surface area contributed by atoms with Crippen LogP contribution in [0.4, 0.5) is 5.82 Å². The van der Waals surface area contributed by atoms with Gasteiger partial charge in [-0.3, -0.25) is 0 Å². The first-order valence-electron chi connectivity index (χ1n) is 10.1. The lowest BCUT2D eigenvalue weighted by Gasteiger charge is -2.38. The Morgan fingerprint density at radius 2 is 1.97 bits per heavy atom. The van der Waals surface area contributed by atoms with Gasteiger partial charge in [0, 0.05) is 30.6 Å². The fraction of sp³-hybridized carbons (Fsp3) is 0.429. The summed E-state index contributed by atoms with van der Waals surface area (Å²) < 4.78 is 28.0. The quantitative estimate of drug-likeness (QED) is 0.636. The van der Waals surface area contributed by atoms with Crippen molar-refractivity contribution >= 4 is 37.4 Å². The molecule has 5 rings (SSSR count). The lowest BCUT2D eigenvalue weighted by Crippen LogP contribution is -2.47. The second-order valence-electron chi connectivity index (χ2n) is 7.76. The van der Waals surface area contributed by atoms with Crippen LogP contribution in [0.1, 0.15) is 24.6 Å². The summed E-state index contributed by atoms with van der Waals surface area (Å²) >= 11 is 1.73. The van der Waals surface area contributed by atoms with E-state index < -0.39 is 10.0 Å². The number of aromatic nitrogens is 2. The van der Waals surface area contributed by atoms with Crippen molar-refractivity contribution in [2.24, 2.45) is 5.92 Å². The van der Waals surface area contributed by atoms with Crippen molar-refractivity contribution in [2.75, 3.05) is 24.5 Å². The predicted octanol–water partition coefficient (Wildman–Crippen LogP) is 3.54. The summed E-state index contributed by atoms with van der Waals surface area (Å²) in [6.07, 6.45) is 4.37. The highest BCUT2D eigenvalue weighted by Gasteiger charge is 2.44. The Kier molecular flexibility index (Phi) is 4.80. The molecule has 152 valence electrons. The van der Waals surface area contributed by atoms with Crippen LogP contribution in [-0.2, 0) is 16.4 Å². The van der Waals surface area contributed by atoms with Gasteiger partial charge in [-0.2, -0.15) is 4.31 Å². The lowest BCUT2D eigenvalue weighted by atomic mass is 9.93. The number of piperidine rings is 1. The second kappa shape index (κ2) is 7.34. The molecule has 8 heteroatoms. The molecule has 3 aromatic rings. The summed E-state index contributed by atoms with van der Waals surface area (Å²) in [5.41, 5.74) is 0. The number of hydrogen-bond donors (Lipinski definition) is 0. The Labute approximate surface area is 175 Å². The zero-order valence-corrected chi connectivity index (χ0v) is 18.0. The fourth-order valence-electron chi connectivity index (χ4n) is 4.68. The Balaban J connectivity index is 1.39. The fourth-order valence-corrected chi connectivity index (χ4v) is 7.36. The summed E-state index contributed by atoms with van der Waals surface area (Å²) in [6, 6.07) is 11.1. The SMILES string of the molecule is CCc1cc2c(N3CC[C@H]4[C@H](CCN4S(=O)(=O)c4ccccc4)C3)ncnc2s1. The van der Waals surface area contributed by atoms with Gasteiger partial charge < -0.3 is 4.90 Å². The number of sulfonamides is 1. The molecule has 6 nitrogen and oxygen atoms in total. The topological polar surface area (TPSA) is 66.4 Å². The van der Waals surface area contributed by atoms with E-state index in [0.717, 1.165) is 48.4 Å². The maximum atomic E-state index is 13.1. The minimum absolute atomic E-state index is 0.0717. The van der Waals surface area contributed by atoms with Crippen LogP contribution in [0.3, 0.4) is 0 Å². The molecule has 0 bridgehead atoms. The lowest BCUT2D eigenvalue weighted by molar-refractivity contribution is 0.292. The first kappa shape index (κ1) is 19.0. The molecule has 2 fully saturated rings.